The molecule has 0 aromatic carbocycles. The Morgan fingerprint density at radius 2 is 0.538 bits per heavy atom. The van der Waals surface area contributed by atoms with Crippen LogP contribution in [0.25, 0.3) is 0 Å². The molecule has 39 heavy (non-hydrogen) atoms. The van der Waals surface area contributed by atoms with Crippen LogP contribution in [0, 0.1) is 0 Å². The van der Waals surface area contributed by atoms with Crippen molar-refractivity contribution in [2.75, 3.05) is 33.7 Å². The molecule has 0 spiro atoms. The smallest absolute Gasteiger partial charge is 0.00248 e. The Kier molecular flexibility index (Phi) is 42.2. The molecule has 0 amide bonds. The van der Waals surface area contributed by atoms with E-state index in [4.69, 9.17) is 0 Å². The zero-order chi connectivity index (χ0) is 28.9. The van der Waals surface area contributed by atoms with E-state index in [1.54, 1.807) is 0 Å². The quantitative estimate of drug-likeness (QED) is 0.0835. The van der Waals surface area contributed by atoms with Gasteiger partial charge in [0.15, 0.2) is 0 Å². The van der Waals surface area contributed by atoms with E-state index < -0.39 is 0 Å². The number of nitrogens with zero attached hydrogens (tertiary/aromatic N) is 1. The summed E-state index contributed by atoms with van der Waals surface area (Å²) in [7, 11) is 4.32. The van der Waals surface area contributed by atoms with Crippen LogP contribution in [0.2, 0.25) is 0 Å². The fourth-order valence-electron chi connectivity index (χ4n) is 5.34. The lowest BCUT2D eigenvalue weighted by Gasteiger charge is -2.08. The second kappa shape index (κ2) is 40.1. The summed E-state index contributed by atoms with van der Waals surface area (Å²) in [6.07, 6.45) is 41.6. The van der Waals surface area contributed by atoms with Gasteiger partial charge in [-0.05, 0) is 53.0 Å². The second-order valence-electron chi connectivity index (χ2n) is 12.7. The lowest BCUT2D eigenvalue weighted by Crippen LogP contribution is -2.16. The summed E-state index contributed by atoms with van der Waals surface area (Å²) in [6.45, 7) is 10.6. The monoisotopic (exact) mass is 553 g/mol. The van der Waals surface area contributed by atoms with Crippen LogP contribution in [0.3, 0.4) is 0 Å². The summed E-state index contributed by atoms with van der Waals surface area (Å²) in [6, 6.07) is 0. The lowest BCUT2D eigenvalue weighted by molar-refractivity contribution is 0.389. The molecule has 0 radical (unpaired) electrons. The summed E-state index contributed by atoms with van der Waals surface area (Å²) in [5.41, 5.74) is 0. The van der Waals surface area contributed by atoms with Crippen molar-refractivity contribution < 1.29 is 0 Å². The minimum atomic E-state index is 1.24. The maximum absolute atomic E-state index is 3.63. The first-order chi connectivity index (χ1) is 19.2. The molecule has 0 aromatic rings. The van der Waals surface area contributed by atoms with Crippen molar-refractivity contribution >= 4 is 0 Å². The van der Waals surface area contributed by atoms with E-state index in [-0.39, 0.29) is 0 Å². The molecule has 0 unspecified atom stereocenters. The van der Waals surface area contributed by atoms with Crippen LogP contribution in [0.1, 0.15) is 207 Å². The normalized spacial score (nSPS) is 11.2. The van der Waals surface area contributed by atoms with Crippen LogP contribution >= 0.6 is 0 Å². The Hall–Kier alpha value is -0.0800. The molecule has 0 aromatic heterocycles. The molecule has 0 fully saturated rings. The lowest BCUT2D eigenvalue weighted by atomic mass is 10.1. The first-order valence-corrected chi connectivity index (χ1v) is 18.5. The van der Waals surface area contributed by atoms with Gasteiger partial charge in [-0.3, -0.25) is 0 Å². The summed E-state index contributed by atoms with van der Waals surface area (Å²) in [4.78, 5) is 2.28. The van der Waals surface area contributed by atoms with E-state index in [9.17, 15) is 0 Å². The first kappa shape index (κ1) is 41.1. The summed E-state index contributed by atoms with van der Waals surface area (Å²) in [5.74, 6) is 0. The standard InChI is InChI=1S/C23H49N.C14H31N/c1-3-5-7-9-11-13-15-17-19-21-23-24-22-20-18-16-14-12-10-8-6-4-2;1-4-5-6-7-8-9-10-11-12-13-14-15(2)3/h24H,3-23H2,1-2H3;4-14H2,1-3H3. The highest BCUT2D eigenvalue weighted by Crippen LogP contribution is 2.12. The van der Waals surface area contributed by atoms with Crippen LogP contribution in [0.15, 0.2) is 0 Å². The SMILES string of the molecule is CCCCCCCCCCCCN(C)C.CCCCCCCCCCCCNCCCCCCCCCCC. The van der Waals surface area contributed by atoms with Gasteiger partial charge in [-0.1, -0.05) is 188 Å². The van der Waals surface area contributed by atoms with Gasteiger partial charge in [0.25, 0.3) is 0 Å². The van der Waals surface area contributed by atoms with Crippen molar-refractivity contribution in [3.63, 3.8) is 0 Å². The van der Waals surface area contributed by atoms with Gasteiger partial charge < -0.3 is 10.2 Å². The average molecular weight is 553 g/mol. The zero-order valence-electron chi connectivity index (χ0n) is 28.6. The van der Waals surface area contributed by atoms with Crippen molar-refractivity contribution in [1.82, 2.24) is 10.2 Å². The van der Waals surface area contributed by atoms with E-state index in [1.807, 2.05) is 0 Å². The van der Waals surface area contributed by atoms with Crippen molar-refractivity contribution in [1.29, 1.82) is 0 Å². The second-order valence-corrected chi connectivity index (χ2v) is 12.7. The Balaban J connectivity index is 0. The highest BCUT2D eigenvalue weighted by Gasteiger charge is 1.95. The van der Waals surface area contributed by atoms with E-state index in [2.05, 4.69) is 45.1 Å². The van der Waals surface area contributed by atoms with Crippen molar-refractivity contribution in [3.05, 3.63) is 0 Å². The van der Waals surface area contributed by atoms with E-state index in [1.165, 1.54) is 206 Å². The van der Waals surface area contributed by atoms with Gasteiger partial charge in [-0.2, -0.15) is 0 Å². The summed E-state index contributed by atoms with van der Waals surface area (Å²) >= 11 is 0. The molecule has 0 aliphatic carbocycles. The molecule has 0 heterocycles. The maximum Gasteiger partial charge on any atom is -0.00248 e. The largest absolute Gasteiger partial charge is 0.317 e. The van der Waals surface area contributed by atoms with E-state index in [0.717, 1.165) is 0 Å². The van der Waals surface area contributed by atoms with Gasteiger partial charge in [-0.15, -0.1) is 0 Å². The third-order valence-corrected chi connectivity index (χ3v) is 8.12. The Morgan fingerprint density at radius 1 is 0.308 bits per heavy atom. The molecule has 2 heteroatoms. The van der Waals surface area contributed by atoms with Crippen molar-refractivity contribution in [3.8, 4) is 0 Å². The Morgan fingerprint density at radius 3 is 0.795 bits per heavy atom. The summed E-state index contributed by atoms with van der Waals surface area (Å²) < 4.78 is 0. The highest BCUT2D eigenvalue weighted by molar-refractivity contribution is 4.53. The van der Waals surface area contributed by atoms with Crippen molar-refractivity contribution in [2.45, 2.75) is 207 Å². The first-order valence-electron chi connectivity index (χ1n) is 18.5. The molecular formula is C37H80N2. The van der Waals surface area contributed by atoms with Gasteiger partial charge in [0, 0.05) is 0 Å². The molecule has 0 saturated heterocycles. The van der Waals surface area contributed by atoms with Crippen molar-refractivity contribution in [2.24, 2.45) is 0 Å². The van der Waals surface area contributed by atoms with Crippen LogP contribution in [0.5, 0.6) is 0 Å². The molecule has 0 rings (SSSR count). The fourth-order valence-corrected chi connectivity index (χ4v) is 5.34. The molecule has 238 valence electrons. The third kappa shape index (κ3) is 45.1. The van der Waals surface area contributed by atoms with Gasteiger partial charge in [0.1, 0.15) is 0 Å². The van der Waals surface area contributed by atoms with Gasteiger partial charge in [0.05, 0.1) is 0 Å². The average Bonchev–Trinajstić information content (AvgIpc) is 2.93. The van der Waals surface area contributed by atoms with Crippen LogP contribution in [0.4, 0.5) is 0 Å². The number of rotatable bonds is 32. The molecule has 0 aliphatic heterocycles. The molecule has 0 saturated carbocycles. The molecule has 1 N–H and O–H groups in total. The molecule has 0 bridgehead atoms. The molecule has 0 aliphatic rings. The minimum absolute atomic E-state index is 1.24. The minimum Gasteiger partial charge on any atom is -0.317 e. The predicted molar refractivity (Wildman–Crippen MR) is 182 cm³/mol. The Bertz CT molecular complexity index is 360. The topological polar surface area (TPSA) is 15.3 Å². The van der Waals surface area contributed by atoms with Crippen LogP contribution < -0.4 is 5.32 Å². The molecule has 2 nitrogen and oxygen atoms in total. The summed E-state index contributed by atoms with van der Waals surface area (Å²) in [5, 5.41) is 3.63. The number of nitrogens with one attached hydrogen (secondary N) is 1. The van der Waals surface area contributed by atoms with Gasteiger partial charge >= 0.3 is 0 Å². The zero-order valence-corrected chi connectivity index (χ0v) is 28.6. The number of hydrogen-bond donors (Lipinski definition) is 1. The van der Waals surface area contributed by atoms with E-state index in [0.29, 0.717) is 0 Å². The van der Waals surface area contributed by atoms with Gasteiger partial charge in [0.2, 0.25) is 0 Å². The molecular weight excluding hydrogens is 472 g/mol. The van der Waals surface area contributed by atoms with Crippen LogP contribution in [-0.2, 0) is 0 Å². The maximum atomic E-state index is 3.63. The Labute approximate surface area is 250 Å². The fraction of sp³-hybridized carbons (Fsp3) is 1.00. The van der Waals surface area contributed by atoms with Gasteiger partial charge in [-0.25, -0.2) is 0 Å². The number of hydrogen-bond acceptors (Lipinski definition) is 2. The predicted octanol–water partition coefficient (Wildman–Crippen LogP) is 12.5. The van der Waals surface area contributed by atoms with Crippen LogP contribution in [-0.4, -0.2) is 38.6 Å². The molecule has 0 atom stereocenters. The van der Waals surface area contributed by atoms with E-state index >= 15 is 0 Å². The number of unbranched alkanes of at least 4 members (excludes halogenated alkanes) is 26. The third-order valence-electron chi connectivity index (χ3n) is 8.12. The highest BCUT2D eigenvalue weighted by atomic mass is 15.0.